The van der Waals surface area contributed by atoms with Crippen molar-refractivity contribution in [1.29, 1.82) is 0 Å². The summed E-state index contributed by atoms with van der Waals surface area (Å²) in [5, 5.41) is 3.40. The number of carbonyl (C=O) groups is 1. The van der Waals surface area contributed by atoms with Gasteiger partial charge in [-0.15, -0.1) is 0 Å². The molecule has 1 N–H and O–H groups in total. The molecule has 2 aliphatic heterocycles. The number of carbonyl (C=O) groups excluding carboxylic acids is 1. The zero-order chi connectivity index (χ0) is 16.4. The molecule has 0 bridgehead atoms. The van der Waals surface area contributed by atoms with Gasteiger partial charge >= 0.3 is 0 Å². The fourth-order valence-electron chi connectivity index (χ4n) is 3.53. The highest BCUT2D eigenvalue weighted by Crippen LogP contribution is 2.23. The molecule has 2 aromatic rings. The van der Waals surface area contributed by atoms with Crippen molar-refractivity contribution in [2.24, 2.45) is 0 Å². The van der Waals surface area contributed by atoms with Gasteiger partial charge in [-0.25, -0.2) is 0 Å². The van der Waals surface area contributed by atoms with Crippen LogP contribution < -0.4 is 5.32 Å². The lowest BCUT2D eigenvalue weighted by Gasteiger charge is -2.34. The Balaban J connectivity index is 1.27. The maximum Gasteiger partial charge on any atom is 0.289 e. The summed E-state index contributed by atoms with van der Waals surface area (Å²) in [4.78, 5) is 16.6. The molecular weight excluding hydrogens is 302 g/mol. The summed E-state index contributed by atoms with van der Waals surface area (Å²) in [6, 6.07) is 10.3. The van der Waals surface area contributed by atoms with E-state index in [0.717, 1.165) is 52.1 Å². The normalized spacial score (nSPS) is 17.6. The topological polar surface area (TPSA) is 48.7 Å². The molecule has 5 heteroatoms. The summed E-state index contributed by atoms with van der Waals surface area (Å²) in [6.45, 7) is 5.51. The molecule has 1 fully saturated rings. The first kappa shape index (κ1) is 15.3. The first-order valence-corrected chi connectivity index (χ1v) is 8.70. The number of hydrogen-bond acceptors (Lipinski definition) is 4. The number of piperazine rings is 1. The first-order valence-electron chi connectivity index (χ1n) is 8.70. The Kier molecular flexibility index (Phi) is 4.26. The molecule has 1 saturated heterocycles. The van der Waals surface area contributed by atoms with Crippen LogP contribution in [0.3, 0.4) is 0 Å². The van der Waals surface area contributed by atoms with Gasteiger partial charge < -0.3 is 14.6 Å². The Morgan fingerprint density at radius 1 is 1.17 bits per heavy atom. The van der Waals surface area contributed by atoms with Crippen LogP contribution in [-0.4, -0.2) is 55.0 Å². The third kappa shape index (κ3) is 3.17. The molecule has 1 aromatic heterocycles. The van der Waals surface area contributed by atoms with Crippen molar-refractivity contribution in [3.63, 3.8) is 0 Å². The molecule has 4 rings (SSSR count). The number of anilines is 1. The zero-order valence-electron chi connectivity index (χ0n) is 13.8. The van der Waals surface area contributed by atoms with E-state index in [2.05, 4.69) is 28.4 Å². The van der Waals surface area contributed by atoms with Gasteiger partial charge in [0.25, 0.3) is 5.91 Å². The van der Waals surface area contributed by atoms with E-state index in [1.165, 1.54) is 16.8 Å². The van der Waals surface area contributed by atoms with Crippen LogP contribution in [0.2, 0.25) is 0 Å². The van der Waals surface area contributed by atoms with Crippen LogP contribution in [-0.2, 0) is 12.8 Å². The molecule has 0 spiro atoms. The standard InChI is InChI=1S/C19H23N3O2/c23-19(18-2-1-13-24-18)22-11-9-21(10-12-22)8-6-15-3-4-17-16(14-15)5-7-20-17/h1-4,13-14,20H,5-12H2. The van der Waals surface area contributed by atoms with E-state index in [0.29, 0.717) is 5.76 Å². The van der Waals surface area contributed by atoms with Gasteiger partial charge in [-0.1, -0.05) is 12.1 Å². The molecule has 0 radical (unpaired) electrons. The van der Waals surface area contributed by atoms with Crippen molar-refractivity contribution >= 4 is 11.6 Å². The average molecular weight is 325 g/mol. The Morgan fingerprint density at radius 3 is 2.83 bits per heavy atom. The lowest BCUT2D eigenvalue weighted by molar-refractivity contribution is 0.0607. The number of rotatable bonds is 4. The second kappa shape index (κ2) is 6.69. The van der Waals surface area contributed by atoms with Gasteiger partial charge in [0.2, 0.25) is 0 Å². The summed E-state index contributed by atoms with van der Waals surface area (Å²) < 4.78 is 5.21. The van der Waals surface area contributed by atoms with E-state index in [4.69, 9.17) is 4.42 Å². The number of benzene rings is 1. The smallest absolute Gasteiger partial charge is 0.289 e. The minimum Gasteiger partial charge on any atom is -0.459 e. The zero-order valence-corrected chi connectivity index (χ0v) is 13.8. The molecule has 5 nitrogen and oxygen atoms in total. The van der Waals surface area contributed by atoms with Crippen molar-refractivity contribution in [3.8, 4) is 0 Å². The molecule has 0 unspecified atom stereocenters. The molecule has 24 heavy (non-hydrogen) atoms. The molecule has 1 aromatic carbocycles. The van der Waals surface area contributed by atoms with Crippen molar-refractivity contribution in [2.45, 2.75) is 12.8 Å². The maximum absolute atomic E-state index is 12.3. The SMILES string of the molecule is O=C(c1ccco1)N1CCN(CCc2ccc3c(c2)CCN3)CC1. The molecular formula is C19H23N3O2. The largest absolute Gasteiger partial charge is 0.459 e. The van der Waals surface area contributed by atoms with Gasteiger partial charge in [0.15, 0.2) is 5.76 Å². The summed E-state index contributed by atoms with van der Waals surface area (Å²) in [5.41, 5.74) is 4.15. The van der Waals surface area contributed by atoms with Crippen LogP contribution in [0, 0.1) is 0 Å². The average Bonchev–Trinajstić information content (AvgIpc) is 3.31. The van der Waals surface area contributed by atoms with Crippen LogP contribution in [0.1, 0.15) is 21.7 Å². The van der Waals surface area contributed by atoms with Gasteiger partial charge in [-0.3, -0.25) is 9.69 Å². The van der Waals surface area contributed by atoms with Crippen molar-refractivity contribution in [3.05, 3.63) is 53.5 Å². The van der Waals surface area contributed by atoms with E-state index in [1.807, 2.05) is 4.90 Å². The number of amides is 1. The highest BCUT2D eigenvalue weighted by atomic mass is 16.3. The number of hydrogen-bond donors (Lipinski definition) is 1. The second-order valence-corrected chi connectivity index (χ2v) is 6.53. The summed E-state index contributed by atoms with van der Waals surface area (Å²) >= 11 is 0. The van der Waals surface area contributed by atoms with E-state index in [1.54, 1.807) is 18.4 Å². The fourth-order valence-corrected chi connectivity index (χ4v) is 3.53. The lowest BCUT2D eigenvalue weighted by atomic mass is 10.1. The Labute approximate surface area is 142 Å². The molecule has 3 heterocycles. The van der Waals surface area contributed by atoms with Gasteiger partial charge in [-0.05, 0) is 42.2 Å². The van der Waals surface area contributed by atoms with Gasteiger partial charge in [0.05, 0.1) is 6.26 Å². The molecule has 2 aliphatic rings. The third-order valence-electron chi connectivity index (χ3n) is 4.99. The summed E-state index contributed by atoms with van der Waals surface area (Å²) in [5.74, 6) is 0.445. The quantitative estimate of drug-likeness (QED) is 0.937. The van der Waals surface area contributed by atoms with Crippen molar-refractivity contribution < 1.29 is 9.21 Å². The van der Waals surface area contributed by atoms with Crippen LogP contribution in [0.25, 0.3) is 0 Å². The van der Waals surface area contributed by atoms with E-state index >= 15 is 0 Å². The minimum absolute atomic E-state index is 0.00534. The number of furan rings is 1. The number of nitrogens with zero attached hydrogens (tertiary/aromatic N) is 2. The molecule has 1 amide bonds. The minimum atomic E-state index is 0.00534. The van der Waals surface area contributed by atoms with E-state index in [-0.39, 0.29) is 5.91 Å². The van der Waals surface area contributed by atoms with Crippen LogP contribution in [0.4, 0.5) is 5.69 Å². The fraction of sp³-hybridized carbons (Fsp3) is 0.421. The molecule has 0 aliphatic carbocycles. The van der Waals surface area contributed by atoms with Gasteiger partial charge in [0, 0.05) is 45.0 Å². The Morgan fingerprint density at radius 2 is 2.04 bits per heavy atom. The highest BCUT2D eigenvalue weighted by molar-refractivity contribution is 5.91. The van der Waals surface area contributed by atoms with Crippen molar-refractivity contribution in [2.75, 3.05) is 44.6 Å². The van der Waals surface area contributed by atoms with Crippen LogP contribution in [0.5, 0.6) is 0 Å². The number of nitrogens with one attached hydrogen (secondary N) is 1. The van der Waals surface area contributed by atoms with E-state index < -0.39 is 0 Å². The predicted molar refractivity (Wildman–Crippen MR) is 93.4 cm³/mol. The van der Waals surface area contributed by atoms with Gasteiger partial charge in [0.1, 0.15) is 0 Å². The Hall–Kier alpha value is -2.27. The highest BCUT2D eigenvalue weighted by Gasteiger charge is 2.23. The second-order valence-electron chi connectivity index (χ2n) is 6.53. The molecule has 126 valence electrons. The lowest BCUT2D eigenvalue weighted by Crippen LogP contribution is -2.49. The predicted octanol–water partition coefficient (Wildman–Crippen LogP) is 2.25. The monoisotopic (exact) mass is 325 g/mol. The van der Waals surface area contributed by atoms with Gasteiger partial charge in [-0.2, -0.15) is 0 Å². The van der Waals surface area contributed by atoms with Crippen molar-refractivity contribution in [1.82, 2.24) is 9.80 Å². The number of fused-ring (bicyclic) bond motifs is 1. The van der Waals surface area contributed by atoms with Crippen LogP contribution >= 0.6 is 0 Å². The van der Waals surface area contributed by atoms with Crippen LogP contribution in [0.15, 0.2) is 41.0 Å². The molecule has 0 saturated carbocycles. The first-order chi connectivity index (χ1) is 11.8. The third-order valence-corrected chi connectivity index (χ3v) is 4.99. The summed E-state index contributed by atoms with van der Waals surface area (Å²) in [6.07, 6.45) is 3.76. The maximum atomic E-state index is 12.3. The van der Waals surface area contributed by atoms with E-state index in [9.17, 15) is 4.79 Å². The molecule has 0 atom stereocenters. The Bertz CT molecular complexity index is 703. The summed E-state index contributed by atoms with van der Waals surface area (Å²) in [7, 11) is 0.